The minimum absolute atomic E-state index is 0.109. The number of nitrogens with zero attached hydrogens (tertiary/aromatic N) is 3. The maximum atomic E-state index is 13.1. The Hall–Kier alpha value is -2.87. The number of fused-ring (bicyclic) bond motifs is 1. The first-order chi connectivity index (χ1) is 14.9. The van der Waals surface area contributed by atoms with Gasteiger partial charge in [0.25, 0.3) is 5.91 Å². The molecule has 0 spiro atoms. The highest BCUT2D eigenvalue weighted by atomic mass is 35.5. The molecule has 4 rings (SSSR count). The van der Waals surface area contributed by atoms with Gasteiger partial charge in [-0.3, -0.25) is 9.59 Å². The lowest BCUT2D eigenvalue weighted by atomic mass is 9.77. The van der Waals surface area contributed by atoms with Crippen molar-refractivity contribution in [2.24, 2.45) is 5.92 Å². The molecule has 1 saturated carbocycles. The predicted molar refractivity (Wildman–Crippen MR) is 117 cm³/mol. The number of nitrogens with two attached hydrogens (primary N) is 1. The molecule has 0 atom stereocenters. The molecule has 2 aliphatic rings. The summed E-state index contributed by atoms with van der Waals surface area (Å²) in [7, 11) is 1.46. The fourth-order valence-electron chi connectivity index (χ4n) is 4.65. The number of ether oxygens (including phenoxy) is 1. The van der Waals surface area contributed by atoms with E-state index in [2.05, 4.69) is 9.97 Å². The number of methoxy groups -OCH3 is 1. The summed E-state index contributed by atoms with van der Waals surface area (Å²) in [5.41, 5.74) is 8.66. The maximum Gasteiger partial charge on any atom is 0.318 e. The van der Waals surface area contributed by atoms with Crippen LogP contribution in [-0.2, 0) is 11.2 Å². The molecule has 1 fully saturated rings. The molecule has 0 unspecified atom stereocenters. The first-order valence-corrected chi connectivity index (χ1v) is 10.8. The van der Waals surface area contributed by atoms with E-state index < -0.39 is 5.97 Å². The van der Waals surface area contributed by atoms with E-state index in [0.717, 1.165) is 31.2 Å². The summed E-state index contributed by atoms with van der Waals surface area (Å²) < 4.78 is 5.05. The van der Waals surface area contributed by atoms with Crippen LogP contribution in [0.5, 0.6) is 6.01 Å². The van der Waals surface area contributed by atoms with E-state index >= 15 is 0 Å². The Morgan fingerprint density at radius 3 is 2.68 bits per heavy atom. The monoisotopic (exact) mass is 444 g/mol. The van der Waals surface area contributed by atoms with Crippen molar-refractivity contribution in [3.8, 4) is 6.01 Å². The number of carboxylic acids is 1. The first kappa shape index (κ1) is 21.4. The van der Waals surface area contributed by atoms with Gasteiger partial charge in [0.2, 0.25) is 0 Å². The molecule has 2 aromatic rings. The summed E-state index contributed by atoms with van der Waals surface area (Å²) in [5, 5.41) is 9.62. The molecule has 1 aliphatic heterocycles. The molecule has 164 valence electrons. The van der Waals surface area contributed by atoms with Gasteiger partial charge in [-0.2, -0.15) is 9.97 Å². The number of rotatable bonds is 5. The third-order valence-corrected chi connectivity index (χ3v) is 6.58. The number of hydrogen-bond acceptors (Lipinski definition) is 6. The smallest absolute Gasteiger partial charge is 0.318 e. The number of halogens is 1. The van der Waals surface area contributed by atoms with E-state index in [-0.39, 0.29) is 30.1 Å². The summed E-state index contributed by atoms with van der Waals surface area (Å²) in [5.74, 6) is -0.329. The van der Waals surface area contributed by atoms with E-state index in [1.54, 1.807) is 4.90 Å². The second kappa shape index (κ2) is 8.70. The van der Waals surface area contributed by atoms with E-state index in [9.17, 15) is 9.59 Å². The number of nitrogen functional groups attached to an aromatic ring is 1. The summed E-state index contributed by atoms with van der Waals surface area (Å²) in [6.45, 7) is 0.460. The molecule has 8 nitrogen and oxygen atoms in total. The molecule has 2 heterocycles. The molecule has 3 N–H and O–H groups in total. The highest BCUT2D eigenvalue weighted by molar-refractivity contribution is 6.31. The molecule has 1 aromatic carbocycles. The Labute approximate surface area is 185 Å². The largest absolute Gasteiger partial charge is 0.481 e. The SMILES string of the molecule is COc1nc(N)c2c(n1)CCN(c1ccc([C@H]3CC[C@H](CC(=O)O)CC3)c(Cl)c1)C2=O. The Bertz CT molecular complexity index is 1020. The Kier molecular flexibility index (Phi) is 6.00. The van der Waals surface area contributed by atoms with E-state index in [4.69, 9.17) is 27.2 Å². The third-order valence-electron chi connectivity index (χ3n) is 6.25. The number of hydrogen-bond donors (Lipinski definition) is 2. The van der Waals surface area contributed by atoms with Crippen LogP contribution in [0.3, 0.4) is 0 Å². The van der Waals surface area contributed by atoms with Crippen LogP contribution in [0.4, 0.5) is 11.5 Å². The normalized spacial score (nSPS) is 21.0. The van der Waals surface area contributed by atoms with Crippen LogP contribution in [0, 0.1) is 5.92 Å². The van der Waals surface area contributed by atoms with Crippen LogP contribution in [0.25, 0.3) is 0 Å². The minimum Gasteiger partial charge on any atom is -0.481 e. The van der Waals surface area contributed by atoms with Gasteiger partial charge in [0.1, 0.15) is 11.4 Å². The summed E-state index contributed by atoms with van der Waals surface area (Å²) in [6, 6.07) is 5.87. The van der Waals surface area contributed by atoms with Gasteiger partial charge in [0.15, 0.2) is 0 Å². The molecular formula is C22H25ClN4O4. The van der Waals surface area contributed by atoms with Crippen molar-refractivity contribution < 1.29 is 19.4 Å². The number of carbonyl (C=O) groups excluding carboxylic acids is 1. The second-order valence-corrected chi connectivity index (χ2v) is 8.55. The van der Waals surface area contributed by atoms with Gasteiger partial charge in [-0.15, -0.1) is 0 Å². The van der Waals surface area contributed by atoms with Gasteiger partial charge in [-0.1, -0.05) is 17.7 Å². The number of aliphatic carboxylic acids is 1. The number of benzene rings is 1. The lowest BCUT2D eigenvalue weighted by molar-refractivity contribution is -0.138. The van der Waals surface area contributed by atoms with Crippen molar-refractivity contribution in [1.29, 1.82) is 0 Å². The van der Waals surface area contributed by atoms with Gasteiger partial charge in [0, 0.05) is 30.1 Å². The zero-order chi connectivity index (χ0) is 22.1. The Balaban J connectivity index is 1.51. The fraction of sp³-hybridized carbons (Fsp3) is 0.455. The minimum atomic E-state index is -0.733. The first-order valence-electron chi connectivity index (χ1n) is 10.4. The van der Waals surface area contributed by atoms with Gasteiger partial charge < -0.3 is 20.5 Å². The lowest BCUT2D eigenvalue weighted by Gasteiger charge is -2.31. The van der Waals surface area contributed by atoms with E-state index in [0.29, 0.717) is 40.9 Å². The zero-order valence-corrected chi connectivity index (χ0v) is 18.1. The van der Waals surface area contributed by atoms with Crippen LogP contribution in [0.15, 0.2) is 18.2 Å². The van der Waals surface area contributed by atoms with Gasteiger partial charge in [0.05, 0.1) is 12.8 Å². The highest BCUT2D eigenvalue weighted by Gasteiger charge is 2.31. The van der Waals surface area contributed by atoms with E-state index in [1.165, 1.54) is 7.11 Å². The summed E-state index contributed by atoms with van der Waals surface area (Å²) in [4.78, 5) is 34.0. The molecule has 9 heteroatoms. The number of anilines is 2. The lowest BCUT2D eigenvalue weighted by Crippen LogP contribution is -2.39. The average molecular weight is 445 g/mol. The topological polar surface area (TPSA) is 119 Å². The molecular weight excluding hydrogens is 420 g/mol. The molecule has 0 saturated heterocycles. The van der Waals surface area contributed by atoms with Crippen molar-refractivity contribution in [2.45, 2.75) is 44.4 Å². The molecule has 1 aliphatic carbocycles. The number of carboxylic acid groups (broad SMARTS) is 1. The maximum absolute atomic E-state index is 13.1. The second-order valence-electron chi connectivity index (χ2n) is 8.15. The fourth-order valence-corrected chi connectivity index (χ4v) is 4.98. The quantitative estimate of drug-likeness (QED) is 0.721. The van der Waals surface area contributed by atoms with Gasteiger partial charge in [-0.05, 0) is 55.2 Å². The Morgan fingerprint density at radius 2 is 2.03 bits per heavy atom. The van der Waals surface area contributed by atoms with Crippen LogP contribution in [-0.4, -0.2) is 40.6 Å². The van der Waals surface area contributed by atoms with Crippen molar-refractivity contribution in [3.63, 3.8) is 0 Å². The van der Waals surface area contributed by atoms with Gasteiger partial charge >= 0.3 is 12.0 Å². The molecule has 0 radical (unpaired) electrons. The van der Waals surface area contributed by atoms with Crippen molar-refractivity contribution >= 4 is 35.0 Å². The molecule has 1 amide bonds. The summed E-state index contributed by atoms with van der Waals surface area (Å²) in [6.07, 6.45) is 4.39. The van der Waals surface area contributed by atoms with Crippen molar-refractivity contribution in [2.75, 3.05) is 24.3 Å². The zero-order valence-electron chi connectivity index (χ0n) is 17.3. The average Bonchev–Trinajstić information content (AvgIpc) is 2.74. The van der Waals surface area contributed by atoms with Crippen LogP contribution in [0.2, 0.25) is 5.02 Å². The number of amides is 1. The predicted octanol–water partition coefficient (Wildman–Crippen LogP) is 3.67. The van der Waals surface area contributed by atoms with Gasteiger partial charge in [-0.25, -0.2) is 0 Å². The number of aromatic nitrogens is 2. The molecule has 0 bridgehead atoms. The van der Waals surface area contributed by atoms with Crippen molar-refractivity contribution in [3.05, 3.63) is 40.0 Å². The van der Waals surface area contributed by atoms with E-state index in [1.807, 2.05) is 18.2 Å². The summed E-state index contributed by atoms with van der Waals surface area (Å²) >= 11 is 6.62. The van der Waals surface area contributed by atoms with Crippen molar-refractivity contribution in [1.82, 2.24) is 9.97 Å². The standard InChI is InChI=1S/C22H25ClN4O4/c1-31-22-25-17-8-9-27(21(30)19(17)20(24)26-22)14-6-7-15(16(23)11-14)13-4-2-12(3-5-13)10-18(28)29/h6-7,11-13H,2-5,8-10H2,1H3,(H,28,29)(H2,24,25,26)/t12-,13-. The van der Waals surface area contributed by atoms with Crippen LogP contribution < -0.4 is 15.4 Å². The third kappa shape index (κ3) is 4.30. The van der Waals surface area contributed by atoms with Crippen LogP contribution >= 0.6 is 11.6 Å². The molecule has 1 aromatic heterocycles. The highest BCUT2D eigenvalue weighted by Crippen LogP contribution is 2.41. The Morgan fingerprint density at radius 1 is 1.29 bits per heavy atom. The molecule has 31 heavy (non-hydrogen) atoms. The van der Waals surface area contributed by atoms with Crippen LogP contribution in [0.1, 0.15) is 59.6 Å². The number of carbonyl (C=O) groups is 2.